The molecule has 108 valence electrons. The first-order valence-electron chi connectivity index (χ1n) is 5.41. The number of aromatic amines is 1. The van der Waals surface area contributed by atoms with Crippen LogP contribution in [-0.2, 0) is 0 Å². The van der Waals surface area contributed by atoms with Gasteiger partial charge in [0.2, 0.25) is 5.75 Å². The summed E-state index contributed by atoms with van der Waals surface area (Å²) in [5.41, 5.74) is -0.0160. The van der Waals surface area contributed by atoms with Crippen LogP contribution in [0.5, 0.6) is 17.2 Å². The molecule has 0 bridgehead atoms. The number of methoxy groups -OCH3 is 2. The van der Waals surface area contributed by atoms with Crippen molar-refractivity contribution >= 4 is 16.9 Å². The Labute approximate surface area is 111 Å². The lowest BCUT2D eigenvalue weighted by atomic mass is 10.2. The summed E-state index contributed by atoms with van der Waals surface area (Å²) in [5, 5.41) is 11.2. The van der Waals surface area contributed by atoms with Crippen LogP contribution in [0.15, 0.2) is 12.1 Å². The van der Waals surface area contributed by atoms with E-state index in [4.69, 9.17) is 9.47 Å². The van der Waals surface area contributed by atoms with Crippen LogP contribution >= 0.6 is 0 Å². The van der Waals surface area contributed by atoms with Gasteiger partial charge in [-0.3, -0.25) is 0 Å². The molecule has 0 spiro atoms. The van der Waals surface area contributed by atoms with Crippen molar-refractivity contribution in [2.75, 3.05) is 14.2 Å². The summed E-state index contributed by atoms with van der Waals surface area (Å²) in [7, 11) is 2.51. The third kappa shape index (κ3) is 2.31. The Balaban J connectivity index is 2.72. The predicted molar refractivity (Wildman–Crippen MR) is 62.4 cm³/mol. The molecule has 1 aromatic heterocycles. The number of benzene rings is 1. The van der Waals surface area contributed by atoms with E-state index in [-0.39, 0.29) is 28.5 Å². The lowest BCUT2D eigenvalue weighted by Gasteiger charge is -2.14. The minimum absolute atomic E-state index is 0.00134. The van der Waals surface area contributed by atoms with E-state index in [1.807, 2.05) is 0 Å². The molecule has 20 heavy (non-hydrogen) atoms. The average Bonchev–Trinajstić information content (AvgIpc) is 2.81. The van der Waals surface area contributed by atoms with E-state index in [1.54, 1.807) is 0 Å². The molecule has 8 heteroatoms. The molecule has 6 nitrogen and oxygen atoms in total. The van der Waals surface area contributed by atoms with Gasteiger partial charge >= 0.3 is 6.61 Å². The van der Waals surface area contributed by atoms with Crippen LogP contribution in [0.3, 0.4) is 0 Å². The topological polar surface area (TPSA) is 83.6 Å². The maximum atomic E-state index is 12.4. The fourth-order valence-electron chi connectivity index (χ4n) is 1.86. The first kappa shape index (κ1) is 13.9. The highest BCUT2D eigenvalue weighted by Crippen LogP contribution is 2.44. The van der Waals surface area contributed by atoms with E-state index < -0.39 is 12.6 Å². The standard InChI is InChI=1S/C12H11F2NO5/c1-18-7-4-5-3-6(11(16)17)15-8(5)10(19-2)9(7)20-12(13)14/h3-4,12,15H,1-2H3,(H,16,17)/p-1. The number of aromatic carboxylic acids is 1. The molecule has 0 radical (unpaired) electrons. The van der Waals surface area contributed by atoms with Gasteiger partial charge in [-0.25, -0.2) is 0 Å². The second-order valence-corrected chi connectivity index (χ2v) is 3.75. The van der Waals surface area contributed by atoms with Crippen molar-refractivity contribution in [1.29, 1.82) is 0 Å². The average molecular weight is 286 g/mol. The Morgan fingerprint density at radius 2 is 1.95 bits per heavy atom. The molecular formula is C12H10F2NO5-. The number of hydrogen-bond donors (Lipinski definition) is 1. The maximum absolute atomic E-state index is 12.4. The van der Waals surface area contributed by atoms with Crippen molar-refractivity contribution in [3.05, 3.63) is 17.8 Å². The SMILES string of the molecule is COc1cc2cc(C(=O)[O-])[nH]c2c(OC)c1OC(F)F. The highest BCUT2D eigenvalue weighted by molar-refractivity contribution is 5.97. The molecule has 0 amide bonds. The van der Waals surface area contributed by atoms with E-state index >= 15 is 0 Å². The summed E-state index contributed by atoms with van der Waals surface area (Å²) in [4.78, 5) is 13.3. The van der Waals surface area contributed by atoms with Crippen LogP contribution in [0.2, 0.25) is 0 Å². The fourth-order valence-corrected chi connectivity index (χ4v) is 1.86. The molecule has 1 aromatic carbocycles. The van der Waals surface area contributed by atoms with E-state index in [0.29, 0.717) is 5.39 Å². The fraction of sp³-hybridized carbons (Fsp3) is 0.250. The van der Waals surface area contributed by atoms with E-state index in [1.165, 1.54) is 26.4 Å². The third-order valence-electron chi connectivity index (χ3n) is 2.64. The van der Waals surface area contributed by atoms with Gasteiger partial charge in [0.1, 0.15) is 0 Å². The van der Waals surface area contributed by atoms with Gasteiger partial charge in [0.15, 0.2) is 11.5 Å². The second kappa shape index (κ2) is 5.24. The number of carboxylic acids is 1. The van der Waals surface area contributed by atoms with Gasteiger partial charge in [0, 0.05) is 5.39 Å². The minimum atomic E-state index is -3.08. The number of rotatable bonds is 5. The number of carboxylic acid groups (broad SMARTS) is 1. The number of ether oxygens (including phenoxy) is 3. The highest BCUT2D eigenvalue weighted by Gasteiger charge is 2.21. The summed E-state index contributed by atoms with van der Waals surface area (Å²) < 4.78 is 39.2. The molecule has 1 heterocycles. The number of halogens is 2. The smallest absolute Gasteiger partial charge is 0.387 e. The highest BCUT2D eigenvalue weighted by atomic mass is 19.3. The molecular weight excluding hydrogens is 276 g/mol. The maximum Gasteiger partial charge on any atom is 0.387 e. The Kier molecular flexibility index (Phi) is 3.64. The predicted octanol–water partition coefficient (Wildman–Crippen LogP) is 1.15. The zero-order valence-electron chi connectivity index (χ0n) is 10.5. The number of alkyl halides is 2. The Morgan fingerprint density at radius 1 is 1.25 bits per heavy atom. The molecule has 0 aliphatic carbocycles. The summed E-state index contributed by atoms with van der Waals surface area (Å²) in [6, 6.07) is 2.64. The van der Waals surface area contributed by atoms with Crippen LogP contribution in [0.1, 0.15) is 10.5 Å². The van der Waals surface area contributed by atoms with Crippen molar-refractivity contribution in [2.24, 2.45) is 0 Å². The monoisotopic (exact) mass is 286 g/mol. The van der Waals surface area contributed by atoms with E-state index in [2.05, 4.69) is 9.72 Å². The number of fused-ring (bicyclic) bond motifs is 1. The van der Waals surface area contributed by atoms with Crippen LogP contribution in [0.4, 0.5) is 8.78 Å². The quantitative estimate of drug-likeness (QED) is 0.891. The van der Waals surface area contributed by atoms with Crippen molar-refractivity contribution in [3.8, 4) is 17.2 Å². The molecule has 0 fully saturated rings. The lowest BCUT2D eigenvalue weighted by Crippen LogP contribution is -2.22. The number of nitrogens with one attached hydrogen (secondary N) is 1. The normalized spacial score (nSPS) is 10.8. The number of aromatic nitrogens is 1. The first-order chi connectivity index (χ1) is 9.47. The van der Waals surface area contributed by atoms with Crippen molar-refractivity contribution in [1.82, 2.24) is 4.98 Å². The largest absolute Gasteiger partial charge is 0.543 e. The third-order valence-corrected chi connectivity index (χ3v) is 2.64. The summed E-state index contributed by atoms with van der Waals surface area (Å²) in [6.45, 7) is -3.08. The summed E-state index contributed by atoms with van der Waals surface area (Å²) in [5.74, 6) is -1.83. The summed E-state index contributed by atoms with van der Waals surface area (Å²) >= 11 is 0. The van der Waals surface area contributed by atoms with Gasteiger partial charge in [-0.15, -0.1) is 0 Å². The van der Waals surface area contributed by atoms with Crippen LogP contribution in [-0.4, -0.2) is 31.8 Å². The molecule has 2 aromatic rings. The van der Waals surface area contributed by atoms with Crippen molar-refractivity contribution < 1.29 is 32.9 Å². The molecule has 1 N–H and O–H groups in total. The first-order valence-corrected chi connectivity index (χ1v) is 5.41. The Hall–Kier alpha value is -2.51. The number of carbonyl (C=O) groups excluding carboxylic acids is 1. The van der Waals surface area contributed by atoms with Gasteiger partial charge in [-0.2, -0.15) is 8.78 Å². The molecule has 0 aliphatic rings. The van der Waals surface area contributed by atoms with Gasteiger partial charge < -0.3 is 29.1 Å². The minimum Gasteiger partial charge on any atom is -0.543 e. The van der Waals surface area contributed by atoms with Gasteiger partial charge in [-0.05, 0) is 12.1 Å². The lowest BCUT2D eigenvalue weighted by molar-refractivity contribution is -0.255. The van der Waals surface area contributed by atoms with Crippen LogP contribution in [0.25, 0.3) is 10.9 Å². The molecule has 0 saturated carbocycles. The van der Waals surface area contributed by atoms with Crippen molar-refractivity contribution in [2.45, 2.75) is 6.61 Å². The van der Waals surface area contributed by atoms with E-state index in [0.717, 1.165) is 0 Å². The van der Waals surface area contributed by atoms with E-state index in [9.17, 15) is 18.7 Å². The van der Waals surface area contributed by atoms with Gasteiger partial charge in [0.05, 0.1) is 31.4 Å². The van der Waals surface area contributed by atoms with Crippen molar-refractivity contribution in [3.63, 3.8) is 0 Å². The van der Waals surface area contributed by atoms with Crippen LogP contribution in [0, 0.1) is 0 Å². The Morgan fingerprint density at radius 3 is 2.45 bits per heavy atom. The summed E-state index contributed by atoms with van der Waals surface area (Å²) in [6.07, 6.45) is 0. The molecule has 0 unspecified atom stereocenters. The zero-order valence-corrected chi connectivity index (χ0v) is 10.5. The number of H-pyrrole nitrogens is 1. The number of carbonyl (C=O) groups is 1. The van der Waals surface area contributed by atoms with Crippen LogP contribution < -0.4 is 19.3 Å². The van der Waals surface area contributed by atoms with Gasteiger partial charge in [0.25, 0.3) is 0 Å². The zero-order chi connectivity index (χ0) is 14.9. The second-order valence-electron chi connectivity index (χ2n) is 3.75. The molecule has 2 rings (SSSR count). The molecule has 0 aliphatic heterocycles. The van der Waals surface area contributed by atoms with Gasteiger partial charge in [-0.1, -0.05) is 0 Å². The Bertz CT molecular complexity index is 653. The molecule has 0 atom stereocenters. The number of hydrogen-bond acceptors (Lipinski definition) is 5. The molecule has 0 saturated heterocycles.